The second-order valence-corrected chi connectivity index (χ2v) is 2.88. The first-order valence-corrected chi connectivity index (χ1v) is 4.19. The maximum absolute atomic E-state index is 4.27. The zero-order valence-electron chi connectivity index (χ0n) is 7.65. The summed E-state index contributed by atoms with van der Waals surface area (Å²) >= 11 is 0. The Bertz CT molecular complexity index is 400. The standard InChI is InChI=1S/C8H11N5/c1-3-7-10-8(12-11-7)6-4-13(2)5-9-6/h4-5H,3H2,1-2H3,(H,10,11,12). The summed E-state index contributed by atoms with van der Waals surface area (Å²) in [6, 6.07) is 0. The Balaban J connectivity index is 2.35. The molecule has 0 aromatic carbocycles. The molecule has 0 atom stereocenters. The van der Waals surface area contributed by atoms with Gasteiger partial charge in [0.15, 0.2) is 0 Å². The van der Waals surface area contributed by atoms with Crippen molar-refractivity contribution in [1.29, 1.82) is 0 Å². The molecule has 0 radical (unpaired) electrons. The van der Waals surface area contributed by atoms with Crippen LogP contribution in [0.15, 0.2) is 12.5 Å². The van der Waals surface area contributed by atoms with Crippen LogP contribution in [0.4, 0.5) is 0 Å². The summed E-state index contributed by atoms with van der Waals surface area (Å²) < 4.78 is 1.87. The number of nitrogens with one attached hydrogen (secondary N) is 1. The molecule has 0 unspecified atom stereocenters. The van der Waals surface area contributed by atoms with E-state index in [4.69, 9.17) is 0 Å². The topological polar surface area (TPSA) is 59.4 Å². The summed E-state index contributed by atoms with van der Waals surface area (Å²) in [4.78, 5) is 8.42. The summed E-state index contributed by atoms with van der Waals surface area (Å²) in [5.74, 6) is 1.55. The molecule has 0 aliphatic carbocycles. The molecule has 0 bridgehead atoms. The number of hydrogen-bond donors (Lipinski definition) is 1. The van der Waals surface area contributed by atoms with E-state index in [-0.39, 0.29) is 0 Å². The van der Waals surface area contributed by atoms with Crippen LogP contribution in [0.5, 0.6) is 0 Å². The third-order valence-corrected chi connectivity index (χ3v) is 1.80. The highest BCUT2D eigenvalue weighted by Gasteiger charge is 2.06. The normalized spacial score (nSPS) is 10.6. The second-order valence-electron chi connectivity index (χ2n) is 2.88. The van der Waals surface area contributed by atoms with Crippen molar-refractivity contribution < 1.29 is 0 Å². The number of aromatic nitrogens is 5. The lowest BCUT2D eigenvalue weighted by atomic mass is 10.4. The van der Waals surface area contributed by atoms with Gasteiger partial charge in [-0.1, -0.05) is 6.92 Å². The van der Waals surface area contributed by atoms with Crippen LogP contribution in [0.1, 0.15) is 12.7 Å². The molecule has 2 rings (SSSR count). The molecule has 0 fully saturated rings. The number of H-pyrrole nitrogens is 1. The molecule has 0 spiro atoms. The Labute approximate surface area is 75.8 Å². The van der Waals surface area contributed by atoms with Crippen LogP contribution in [0.2, 0.25) is 0 Å². The summed E-state index contributed by atoms with van der Waals surface area (Å²) in [6.07, 6.45) is 4.49. The van der Waals surface area contributed by atoms with E-state index in [9.17, 15) is 0 Å². The zero-order valence-corrected chi connectivity index (χ0v) is 7.65. The van der Waals surface area contributed by atoms with E-state index in [0.29, 0.717) is 5.82 Å². The van der Waals surface area contributed by atoms with Crippen LogP contribution in [-0.4, -0.2) is 24.7 Å². The minimum atomic E-state index is 0.664. The lowest BCUT2D eigenvalue weighted by Gasteiger charge is -1.84. The van der Waals surface area contributed by atoms with Gasteiger partial charge in [0.25, 0.3) is 0 Å². The molecule has 0 saturated heterocycles. The fraction of sp³-hybridized carbons (Fsp3) is 0.375. The Kier molecular flexibility index (Phi) is 1.84. The predicted octanol–water partition coefficient (Wildman–Crippen LogP) is 0.768. The Morgan fingerprint density at radius 1 is 1.54 bits per heavy atom. The van der Waals surface area contributed by atoms with Gasteiger partial charge in [-0.3, -0.25) is 5.10 Å². The van der Waals surface area contributed by atoms with Gasteiger partial charge in [-0.2, -0.15) is 5.10 Å². The molecule has 0 saturated carbocycles. The summed E-state index contributed by atoms with van der Waals surface area (Å²) in [5, 5.41) is 6.91. The Morgan fingerprint density at radius 3 is 2.92 bits per heavy atom. The van der Waals surface area contributed by atoms with E-state index in [1.54, 1.807) is 6.33 Å². The van der Waals surface area contributed by atoms with Crippen molar-refractivity contribution in [3.63, 3.8) is 0 Å². The monoisotopic (exact) mass is 177 g/mol. The molecule has 1 N–H and O–H groups in total. The number of aromatic amines is 1. The van der Waals surface area contributed by atoms with Crippen molar-refractivity contribution in [3.8, 4) is 11.5 Å². The summed E-state index contributed by atoms with van der Waals surface area (Å²) in [5.41, 5.74) is 0.804. The Morgan fingerprint density at radius 2 is 2.38 bits per heavy atom. The smallest absolute Gasteiger partial charge is 0.201 e. The zero-order chi connectivity index (χ0) is 9.26. The van der Waals surface area contributed by atoms with Gasteiger partial charge in [0.2, 0.25) is 5.82 Å². The molecule has 5 nitrogen and oxygen atoms in total. The lowest BCUT2D eigenvalue weighted by Crippen LogP contribution is -1.82. The fourth-order valence-corrected chi connectivity index (χ4v) is 1.10. The van der Waals surface area contributed by atoms with E-state index >= 15 is 0 Å². The average Bonchev–Trinajstić information content (AvgIpc) is 2.71. The third-order valence-electron chi connectivity index (χ3n) is 1.80. The van der Waals surface area contributed by atoms with Gasteiger partial charge in [0.1, 0.15) is 11.5 Å². The first-order valence-electron chi connectivity index (χ1n) is 4.19. The van der Waals surface area contributed by atoms with Gasteiger partial charge >= 0.3 is 0 Å². The first kappa shape index (κ1) is 7.97. The number of rotatable bonds is 2. The van der Waals surface area contributed by atoms with E-state index in [0.717, 1.165) is 17.9 Å². The van der Waals surface area contributed by atoms with Gasteiger partial charge in [-0.05, 0) is 0 Å². The first-order chi connectivity index (χ1) is 6.29. The molecule has 68 valence electrons. The van der Waals surface area contributed by atoms with E-state index in [1.807, 2.05) is 24.7 Å². The van der Waals surface area contributed by atoms with E-state index in [2.05, 4.69) is 20.2 Å². The summed E-state index contributed by atoms with van der Waals surface area (Å²) in [6.45, 7) is 2.03. The van der Waals surface area contributed by atoms with Gasteiger partial charge in [0.05, 0.1) is 6.33 Å². The van der Waals surface area contributed by atoms with Gasteiger partial charge in [0, 0.05) is 19.7 Å². The SMILES string of the molecule is CCc1nc(-c2cn(C)cn2)n[nH]1. The second kappa shape index (κ2) is 3.01. The van der Waals surface area contributed by atoms with E-state index < -0.39 is 0 Å². The molecule has 0 aliphatic rings. The molecule has 0 aliphatic heterocycles. The third kappa shape index (κ3) is 1.44. The molecule has 2 aromatic heterocycles. The highest BCUT2D eigenvalue weighted by Crippen LogP contribution is 2.10. The van der Waals surface area contributed by atoms with Crippen LogP contribution in [0, 0.1) is 0 Å². The largest absolute Gasteiger partial charge is 0.340 e. The van der Waals surface area contributed by atoms with Gasteiger partial charge < -0.3 is 4.57 Å². The average molecular weight is 177 g/mol. The van der Waals surface area contributed by atoms with Crippen LogP contribution < -0.4 is 0 Å². The number of imidazole rings is 1. The summed E-state index contributed by atoms with van der Waals surface area (Å²) in [7, 11) is 1.92. The molecule has 2 aromatic rings. The highest BCUT2D eigenvalue weighted by molar-refractivity contribution is 5.46. The molecular formula is C8H11N5. The maximum atomic E-state index is 4.27. The predicted molar refractivity (Wildman–Crippen MR) is 48.0 cm³/mol. The van der Waals surface area contributed by atoms with Gasteiger partial charge in [-0.25, -0.2) is 9.97 Å². The van der Waals surface area contributed by atoms with Crippen molar-refractivity contribution in [1.82, 2.24) is 24.7 Å². The molecule has 2 heterocycles. The quantitative estimate of drug-likeness (QED) is 0.737. The molecule has 13 heavy (non-hydrogen) atoms. The van der Waals surface area contributed by atoms with Crippen molar-refractivity contribution in [2.24, 2.45) is 7.05 Å². The van der Waals surface area contributed by atoms with Crippen LogP contribution >= 0.6 is 0 Å². The van der Waals surface area contributed by atoms with Crippen molar-refractivity contribution in [3.05, 3.63) is 18.3 Å². The van der Waals surface area contributed by atoms with Crippen LogP contribution in [-0.2, 0) is 13.5 Å². The number of aryl methyl sites for hydroxylation is 2. The van der Waals surface area contributed by atoms with Gasteiger partial charge in [-0.15, -0.1) is 0 Å². The highest BCUT2D eigenvalue weighted by atomic mass is 15.2. The molecule has 0 amide bonds. The van der Waals surface area contributed by atoms with Crippen molar-refractivity contribution in [2.75, 3.05) is 0 Å². The lowest BCUT2D eigenvalue weighted by molar-refractivity contribution is 0.913. The van der Waals surface area contributed by atoms with E-state index in [1.165, 1.54) is 0 Å². The van der Waals surface area contributed by atoms with Crippen molar-refractivity contribution >= 4 is 0 Å². The minimum Gasteiger partial charge on any atom is -0.340 e. The number of hydrogen-bond acceptors (Lipinski definition) is 3. The molecular weight excluding hydrogens is 166 g/mol. The maximum Gasteiger partial charge on any atom is 0.201 e. The Hall–Kier alpha value is -1.65. The molecule has 5 heteroatoms. The van der Waals surface area contributed by atoms with Crippen molar-refractivity contribution in [2.45, 2.75) is 13.3 Å². The number of nitrogens with zero attached hydrogens (tertiary/aromatic N) is 4. The minimum absolute atomic E-state index is 0.664. The fourth-order valence-electron chi connectivity index (χ4n) is 1.10. The van der Waals surface area contributed by atoms with Crippen LogP contribution in [0.3, 0.4) is 0 Å². The van der Waals surface area contributed by atoms with Crippen LogP contribution in [0.25, 0.3) is 11.5 Å².